The zero-order chi connectivity index (χ0) is 15.5. The summed E-state index contributed by atoms with van der Waals surface area (Å²) in [7, 11) is 1.85. The molecule has 0 saturated carbocycles. The van der Waals surface area contributed by atoms with Gasteiger partial charge in [0.05, 0.1) is 24.8 Å². The van der Waals surface area contributed by atoms with Crippen LogP contribution < -0.4 is 0 Å². The van der Waals surface area contributed by atoms with E-state index in [4.69, 9.17) is 0 Å². The van der Waals surface area contributed by atoms with Crippen LogP contribution in [0.3, 0.4) is 0 Å². The zero-order valence-corrected chi connectivity index (χ0v) is 13.6. The minimum Gasteiger partial charge on any atom is -0.341 e. The first-order valence-corrected chi connectivity index (χ1v) is 8.20. The van der Waals surface area contributed by atoms with Crippen LogP contribution in [0.4, 0.5) is 0 Å². The van der Waals surface area contributed by atoms with Crippen LogP contribution in [0, 0.1) is 6.92 Å². The summed E-state index contributed by atoms with van der Waals surface area (Å²) >= 11 is 1.68. The molecule has 0 aliphatic heterocycles. The topological polar surface area (TPSA) is 38.1 Å². The molecule has 2 heterocycles. The highest BCUT2D eigenvalue weighted by molar-refractivity contribution is 7.09. The van der Waals surface area contributed by atoms with Crippen molar-refractivity contribution in [3.05, 3.63) is 52.3 Å². The van der Waals surface area contributed by atoms with Crippen molar-refractivity contribution >= 4 is 28.1 Å². The molecule has 3 aromatic rings. The molecule has 0 saturated heterocycles. The summed E-state index contributed by atoms with van der Waals surface area (Å²) in [6.45, 7) is 3.36. The molecule has 0 N–H and O–H groups in total. The van der Waals surface area contributed by atoms with Gasteiger partial charge in [0, 0.05) is 23.7 Å². The molecule has 0 radical (unpaired) electrons. The Morgan fingerprint density at radius 3 is 3.00 bits per heavy atom. The molecular weight excluding hydrogens is 294 g/mol. The quantitative estimate of drug-likeness (QED) is 0.723. The van der Waals surface area contributed by atoms with Crippen LogP contribution in [-0.4, -0.2) is 27.6 Å². The number of rotatable bonds is 5. The molecule has 4 nitrogen and oxygen atoms in total. The highest BCUT2D eigenvalue weighted by Crippen LogP contribution is 2.16. The van der Waals surface area contributed by atoms with E-state index in [2.05, 4.69) is 36.3 Å². The molecule has 0 fully saturated rings. The van der Waals surface area contributed by atoms with Gasteiger partial charge in [-0.1, -0.05) is 17.7 Å². The maximum atomic E-state index is 12.2. The number of amides is 1. The Labute approximate surface area is 134 Å². The number of thiophene rings is 1. The molecule has 0 atom stereocenters. The highest BCUT2D eigenvalue weighted by Gasteiger charge is 2.11. The Kier molecular flexibility index (Phi) is 4.24. The maximum absolute atomic E-state index is 12.2. The average Bonchev–Trinajstić information content (AvgIpc) is 3.13. The van der Waals surface area contributed by atoms with Crippen LogP contribution in [-0.2, 0) is 17.9 Å². The number of nitrogens with zero attached hydrogens (tertiary/aromatic N) is 3. The monoisotopic (exact) mass is 313 g/mol. The van der Waals surface area contributed by atoms with Crippen LogP contribution in [0.1, 0.15) is 16.9 Å². The van der Waals surface area contributed by atoms with Gasteiger partial charge in [0.1, 0.15) is 0 Å². The molecule has 2 aromatic heterocycles. The maximum Gasteiger partial charge on any atom is 0.224 e. The molecule has 0 spiro atoms. The molecule has 1 aromatic carbocycles. The molecule has 22 heavy (non-hydrogen) atoms. The van der Waals surface area contributed by atoms with Gasteiger partial charge in [0.15, 0.2) is 0 Å². The van der Waals surface area contributed by atoms with E-state index >= 15 is 0 Å². The minimum atomic E-state index is 0.143. The zero-order valence-electron chi connectivity index (χ0n) is 12.8. The minimum absolute atomic E-state index is 0.143. The van der Waals surface area contributed by atoms with Gasteiger partial charge >= 0.3 is 0 Å². The molecule has 0 unspecified atom stereocenters. The second-order valence-corrected chi connectivity index (χ2v) is 6.54. The van der Waals surface area contributed by atoms with E-state index < -0.39 is 0 Å². The van der Waals surface area contributed by atoms with E-state index in [0.717, 1.165) is 10.9 Å². The normalized spacial score (nSPS) is 11.0. The van der Waals surface area contributed by atoms with E-state index in [1.54, 1.807) is 16.2 Å². The summed E-state index contributed by atoms with van der Waals surface area (Å²) in [4.78, 5) is 15.2. The van der Waals surface area contributed by atoms with Crippen LogP contribution in [0.25, 0.3) is 10.9 Å². The van der Waals surface area contributed by atoms with Crippen molar-refractivity contribution in [1.29, 1.82) is 0 Å². The second-order valence-electron chi connectivity index (χ2n) is 5.51. The number of hydrogen-bond acceptors (Lipinski definition) is 3. The lowest BCUT2D eigenvalue weighted by atomic mass is 10.2. The van der Waals surface area contributed by atoms with E-state index in [0.29, 0.717) is 19.5 Å². The van der Waals surface area contributed by atoms with E-state index in [1.165, 1.54) is 10.4 Å². The summed E-state index contributed by atoms with van der Waals surface area (Å²) in [6, 6.07) is 10.3. The summed E-state index contributed by atoms with van der Waals surface area (Å²) in [5.41, 5.74) is 2.30. The Morgan fingerprint density at radius 2 is 2.23 bits per heavy atom. The lowest BCUT2D eigenvalue weighted by molar-refractivity contribution is -0.130. The number of hydrogen-bond donors (Lipinski definition) is 0. The van der Waals surface area contributed by atoms with Gasteiger partial charge in [-0.25, -0.2) is 0 Å². The lowest BCUT2D eigenvalue weighted by Gasteiger charge is -2.16. The first kappa shape index (κ1) is 14.8. The smallest absolute Gasteiger partial charge is 0.224 e. The second kappa shape index (κ2) is 6.32. The molecule has 0 aliphatic rings. The lowest BCUT2D eigenvalue weighted by Crippen LogP contribution is -2.26. The van der Waals surface area contributed by atoms with E-state index in [1.807, 2.05) is 29.4 Å². The Bertz CT molecular complexity index is 776. The first-order chi connectivity index (χ1) is 10.6. The van der Waals surface area contributed by atoms with Crippen molar-refractivity contribution in [3.8, 4) is 0 Å². The van der Waals surface area contributed by atoms with Crippen LogP contribution in [0.15, 0.2) is 41.9 Å². The third-order valence-corrected chi connectivity index (χ3v) is 4.59. The van der Waals surface area contributed by atoms with Crippen molar-refractivity contribution in [3.63, 3.8) is 0 Å². The number of fused-ring (bicyclic) bond motifs is 1. The summed E-state index contributed by atoms with van der Waals surface area (Å²) in [6.07, 6.45) is 2.33. The van der Waals surface area contributed by atoms with Gasteiger partial charge in [-0.05, 0) is 30.5 Å². The Morgan fingerprint density at radius 1 is 1.36 bits per heavy atom. The first-order valence-electron chi connectivity index (χ1n) is 7.32. The van der Waals surface area contributed by atoms with E-state index in [-0.39, 0.29) is 5.91 Å². The third kappa shape index (κ3) is 3.20. The SMILES string of the molecule is Cc1ccc2c(cnn2CCC(=O)N(C)Cc2cccs2)c1. The van der Waals surface area contributed by atoms with Gasteiger partial charge in [-0.3, -0.25) is 9.48 Å². The van der Waals surface area contributed by atoms with Crippen molar-refractivity contribution in [1.82, 2.24) is 14.7 Å². The van der Waals surface area contributed by atoms with Gasteiger partial charge in [0.2, 0.25) is 5.91 Å². The number of aromatic nitrogens is 2. The number of carbonyl (C=O) groups excluding carboxylic acids is 1. The fourth-order valence-electron chi connectivity index (χ4n) is 2.50. The number of benzene rings is 1. The summed E-state index contributed by atoms with van der Waals surface area (Å²) in [5, 5.41) is 7.55. The van der Waals surface area contributed by atoms with Crippen molar-refractivity contribution in [2.75, 3.05) is 7.05 Å². The average molecular weight is 313 g/mol. The predicted octanol–water partition coefficient (Wildman–Crippen LogP) is 3.45. The molecule has 1 amide bonds. The predicted molar refractivity (Wildman–Crippen MR) is 89.9 cm³/mol. The summed E-state index contributed by atoms with van der Waals surface area (Å²) in [5.74, 6) is 0.143. The van der Waals surface area contributed by atoms with Crippen molar-refractivity contribution in [2.45, 2.75) is 26.4 Å². The number of aryl methyl sites for hydroxylation is 2. The fourth-order valence-corrected chi connectivity index (χ4v) is 3.26. The van der Waals surface area contributed by atoms with Crippen molar-refractivity contribution in [2.24, 2.45) is 0 Å². The molecule has 3 rings (SSSR count). The number of carbonyl (C=O) groups is 1. The van der Waals surface area contributed by atoms with Crippen LogP contribution in [0.2, 0.25) is 0 Å². The molecule has 5 heteroatoms. The Balaban J connectivity index is 1.62. The third-order valence-electron chi connectivity index (χ3n) is 3.73. The Hall–Kier alpha value is -2.14. The van der Waals surface area contributed by atoms with Gasteiger partial charge in [-0.15, -0.1) is 11.3 Å². The van der Waals surface area contributed by atoms with E-state index in [9.17, 15) is 4.79 Å². The summed E-state index contributed by atoms with van der Waals surface area (Å²) < 4.78 is 1.91. The van der Waals surface area contributed by atoms with Crippen LogP contribution in [0.5, 0.6) is 0 Å². The highest BCUT2D eigenvalue weighted by atomic mass is 32.1. The van der Waals surface area contributed by atoms with Crippen molar-refractivity contribution < 1.29 is 4.79 Å². The van der Waals surface area contributed by atoms with Gasteiger partial charge in [0.25, 0.3) is 0 Å². The standard InChI is InChI=1S/C17H19N3OS/c1-13-5-6-16-14(10-13)11-18-20(16)8-7-17(21)19(2)12-15-4-3-9-22-15/h3-6,9-11H,7-8,12H2,1-2H3. The van der Waals surface area contributed by atoms with Gasteiger partial charge in [-0.2, -0.15) is 5.10 Å². The van der Waals surface area contributed by atoms with Gasteiger partial charge < -0.3 is 4.90 Å². The largest absolute Gasteiger partial charge is 0.341 e. The molecule has 0 bridgehead atoms. The fraction of sp³-hybridized carbons (Fsp3) is 0.294. The molecular formula is C17H19N3OS. The van der Waals surface area contributed by atoms with Crippen LogP contribution >= 0.6 is 11.3 Å². The molecule has 114 valence electrons. The molecule has 0 aliphatic carbocycles.